The van der Waals surface area contributed by atoms with Gasteiger partial charge in [-0.3, -0.25) is 19.4 Å². The summed E-state index contributed by atoms with van der Waals surface area (Å²) in [5, 5.41) is 6.08. The van der Waals surface area contributed by atoms with E-state index in [4.69, 9.17) is 0 Å². The van der Waals surface area contributed by atoms with E-state index >= 15 is 0 Å². The Morgan fingerprint density at radius 1 is 0.610 bits per heavy atom. The Hall–Kier alpha value is -2.98. The Labute approximate surface area is 243 Å². The number of likely N-dealkylation sites (tertiary alicyclic amines) is 2. The molecule has 4 fully saturated rings. The van der Waals surface area contributed by atoms with Gasteiger partial charge in [0.2, 0.25) is 0 Å². The van der Waals surface area contributed by atoms with Gasteiger partial charge in [-0.15, -0.1) is 0 Å². The molecular weight excluding hydrogens is 520 g/mol. The summed E-state index contributed by atoms with van der Waals surface area (Å²) in [5.41, 5.74) is -2.00. The second-order valence-corrected chi connectivity index (χ2v) is 15.4. The molecule has 0 bridgehead atoms. The average molecular weight is 567 g/mol. The van der Waals surface area contributed by atoms with Crippen LogP contribution in [0.2, 0.25) is 0 Å². The zero-order chi connectivity index (χ0) is 30.7. The van der Waals surface area contributed by atoms with Crippen molar-refractivity contribution in [2.75, 3.05) is 23.9 Å². The van der Waals surface area contributed by atoms with Crippen LogP contribution in [0.4, 0.5) is 21.0 Å². The molecule has 5 rings (SSSR count). The smallest absolute Gasteiger partial charge is 0.323 e. The molecule has 0 saturated carbocycles. The van der Waals surface area contributed by atoms with Crippen molar-refractivity contribution >= 4 is 35.3 Å². The Morgan fingerprint density at radius 3 is 1.39 bits per heavy atom. The lowest BCUT2D eigenvalue weighted by molar-refractivity contribution is -0.131. The van der Waals surface area contributed by atoms with Crippen LogP contribution in [-0.2, 0) is 9.59 Å². The Kier molecular flexibility index (Phi) is 6.14. The summed E-state index contributed by atoms with van der Waals surface area (Å²) in [6, 6.07) is 4.11. The molecule has 0 atom stereocenters. The number of rotatable bonds is 2. The molecule has 0 radical (unpaired) electrons. The normalized spacial score (nSPS) is 28.0. The first-order chi connectivity index (χ1) is 18.6. The number of nitrogens with one attached hydrogen (secondary N) is 2. The van der Waals surface area contributed by atoms with Crippen LogP contribution in [0.1, 0.15) is 86.6 Å². The highest BCUT2D eigenvalue weighted by Crippen LogP contribution is 2.48. The molecule has 0 unspecified atom stereocenters. The van der Waals surface area contributed by atoms with Gasteiger partial charge in [0.1, 0.15) is 11.1 Å². The Bertz CT molecular complexity index is 1330. The molecule has 4 heterocycles. The van der Waals surface area contributed by atoms with Crippen LogP contribution in [0.15, 0.2) is 18.2 Å². The van der Waals surface area contributed by atoms with Crippen molar-refractivity contribution in [1.29, 1.82) is 0 Å². The van der Waals surface area contributed by atoms with E-state index in [0.717, 1.165) is 0 Å². The van der Waals surface area contributed by atoms with Crippen molar-refractivity contribution < 1.29 is 19.2 Å². The van der Waals surface area contributed by atoms with Crippen LogP contribution < -0.4 is 20.4 Å². The largest absolute Gasteiger partial charge is 0.329 e. The lowest BCUT2D eigenvalue weighted by atomic mass is 9.69. The van der Waals surface area contributed by atoms with Crippen LogP contribution in [0.5, 0.6) is 0 Å². The highest BCUT2D eigenvalue weighted by Gasteiger charge is 2.62. The monoisotopic (exact) mass is 566 g/mol. The van der Waals surface area contributed by atoms with Gasteiger partial charge >= 0.3 is 12.1 Å². The maximum Gasteiger partial charge on any atom is 0.329 e. The third kappa shape index (κ3) is 4.20. The van der Waals surface area contributed by atoms with E-state index in [9.17, 15) is 19.2 Å². The fraction of sp³-hybridized carbons (Fsp3) is 0.677. The lowest BCUT2D eigenvalue weighted by Crippen LogP contribution is -2.68. The predicted octanol–water partition coefficient (Wildman–Crippen LogP) is 4.15. The number of hydrogen-bond donors (Lipinski definition) is 2. The maximum absolute atomic E-state index is 14.2. The summed E-state index contributed by atoms with van der Waals surface area (Å²) in [4.78, 5) is 62.1. The van der Waals surface area contributed by atoms with Crippen molar-refractivity contribution in [3.8, 4) is 0 Å². The number of carbonyl (C=O) groups is 4. The molecule has 4 saturated heterocycles. The minimum absolute atomic E-state index is 0.301. The van der Waals surface area contributed by atoms with Crippen LogP contribution in [-0.4, -0.2) is 81.0 Å². The SMILES string of the molecule is Cc1ccc(N2C(=O)NC3(CC(C)(C)N(C)C(C)(C)C3)C2=O)cc1N1C(=O)NC2(CC(C)(C)N(C)C(C)(C)C2)C1=O. The predicted molar refractivity (Wildman–Crippen MR) is 159 cm³/mol. The third-order valence-electron chi connectivity index (χ3n) is 10.6. The summed E-state index contributed by atoms with van der Waals surface area (Å²) in [6.07, 6.45) is 1.87. The number of amides is 6. The second kappa shape index (κ2) is 8.53. The highest BCUT2D eigenvalue weighted by atomic mass is 16.2. The summed E-state index contributed by atoms with van der Waals surface area (Å²) < 4.78 is 0. The number of imide groups is 2. The zero-order valence-corrected chi connectivity index (χ0v) is 26.5. The molecule has 4 aliphatic heterocycles. The lowest BCUT2D eigenvalue weighted by Gasteiger charge is -2.56. The summed E-state index contributed by atoms with van der Waals surface area (Å²) in [7, 11) is 4.10. The average Bonchev–Trinajstić information content (AvgIpc) is 3.17. The van der Waals surface area contributed by atoms with E-state index < -0.39 is 23.1 Å². The van der Waals surface area contributed by atoms with Crippen LogP contribution >= 0.6 is 0 Å². The van der Waals surface area contributed by atoms with Crippen molar-refractivity contribution in [3.05, 3.63) is 23.8 Å². The van der Waals surface area contributed by atoms with E-state index in [1.807, 2.05) is 6.92 Å². The first kappa shape index (κ1) is 29.5. The molecule has 2 spiro atoms. The van der Waals surface area contributed by atoms with Gasteiger partial charge in [0, 0.05) is 22.2 Å². The molecule has 0 aliphatic carbocycles. The fourth-order valence-corrected chi connectivity index (χ4v) is 8.34. The van der Waals surface area contributed by atoms with Gasteiger partial charge in [-0.05, 0) is 120 Å². The summed E-state index contributed by atoms with van der Waals surface area (Å²) in [5.74, 6) is -0.608. The van der Waals surface area contributed by atoms with Crippen molar-refractivity contribution in [2.24, 2.45) is 0 Å². The van der Waals surface area contributed by atoms with Gasteiger partial charge in [0.25, 0.3) is 11.8 Å². The molecule has 10 heteroatoms. The molecule has 0 aromatic heterocycles. The quantitative estimate of drug-likeness (QED) is 0.521. The topological polar surface area (TPSA) is 105 Å². The summed E-state index contributed by atoms with van der Waals surface area (Å²) in [6.45, 7) is 18.5. The van der Waals surface area contributed by atoms with Gasteiger partial charge in [-0.1, -0.05) is 6.07 Å². The fourth-order valence-electron chi connectivity index (χ4n) is 8.34. The number of hydrogen-bond acceptors (Lipinski definition) is 6. The van der Waals surface area contributed by atoms with Gasteiger partial charge in [0.05, 0.1) is 11.4 Å². The molecule has 2 N–H and O–H groups in total. The third-order valence-corrected chi connectivity index (χ3v) is 10.6. The number of urea groups is 2. The Morgan fingerprint density at radius 2 is 0.976 bits per heavy atom. The van der Waals surface area contributed by atoms with Gasteiger partial charge in [-0.2, -0.15) is 0 Å². The molecule has 6 amide bonds. The van der Waals surface area contributed by atoms with Gasteiger partial charge in [0.15, 0.2) is 0 Å². The molecule has 224 valence electrons. The Balaban J connectivity index is 1.51. The standard InChI is InChI=1S/C31H46N6O4/c1-19-12-13-20(36-22(38)30(32-24(36)40)15-26(2,3)34(10)27(4,5)16-30)14-21(19)37-23(39)31(33-25(37)41)17-28(6,7)35(11)29(8,9)18-31/h12-14H,15-18H2,1-11H3,(H,32,40)(H,33,41). The van der Waals surface area contributed by atoms with E-state index in [0.29, 0.717) is 42.6 Å². The van der Waals surface area contributed by atoms with Crippen LogP contribution in [0.25, 0.3) is 0 Å². The van der Waals surface area contributed by atoms with Crippen LogP contribution in [0, 0.1) is 6.92 Å². The second-order valence-electron chi connectivity index (χ2n) is 15.4. The highest BCUT2D eigenvalue weighted by molar-refractivity contribution is 6.26. The van der Waals surface area contributed by atoms with Crippen LogP contribution in [0.3, 0.4) is 0 Å². The molecule has 4 aliphatic rings. The van der Waals surface area contributed by atoms with E-state index in [-0.39, 0.29) is 34.0 Å². The van der Waals surface area contributed by atoms with Crippen molar-refractivity contribution in [2.45, 2.75) is 121 Å². The summed E-state index contributed by atoms with van der Waals surface area (Å²) >= 11 is 0. The van der Waals surface area contributed by atoms with Crippen molar-refractivity contribution in [1.82, 2.24) is 20.4 Å². The van der Waals surface area contributed by atoms with Gasteiger partial charge < -0.3 is 10.6 Å². The van der Waals surface area contributed by atoms with E-state index in [2.05, 4.69) is 89.9 Å². The number of piperidine rings is 2. The van der Waals surface area contributed by atoms with Crippen molar-refractivity contribution in [3.63, 3.8) is 0 Å². The minimum atomic E-state index is -1.05. The van der Waals surface area contributed by atoms with Gasteiger partial charge in [-0.25, -0.2) is 19.4 Å². The number of benzene rings is 1. The molecule has 10 nitrogen and oxygen atoms in total. The first-order valence-electron chi connectivity index (χ1n) is 14.5. The minimum Gasteiger partial charge on any atom is -0.323 e. The number of nitrogens with zero attached hydrogens (tertiary/aromatic N) is 4. The van der Waals surface area contributed by atoms with E-state index in [1.54, 1.807) is 18.2 Å². The first-order valence-corrected chi connectivity index (χ1v) is 14.5. The van der Waals surface area contributed by atoms with E-state index in [1.165, 1.54) is 9.80 Å². The number of carbonyl (C=O) groups excluding carboxylic acids is 4. The molecular formula is C31H46N6O4. The number of anilines is 2. The zero-order valence-electron chi connectivity index (χ0n) is 26.5. The molecule has 1 aromatic carbocycles. The molecule has 41 heavy (non-hydrogen) atoms. The maximum atomic E-state index is 14.2. The number of aryl methyl sites for hydroxylation is 1. The molecule has 1 aromatic rings.